The molecule has 2 aliphatic rings. The van der Waals surface area contributed by atoms with E-state index in [1.54, 1.807) is 10.3 Å². The van der Waals surface area contributed by atoms with Crippen molar-refractivity contribution in [1.82, 2.24) is 19.9 Å². The number of nitrogens with one attached hydrogen (secondary N) is 1. The van der Waals surface area contributed by atoms with Crippen molar-refractivity contribution in [1.29, 1.82) is 0 Å². The summed E-state index contributed by atoms with van der Waals surface area (Å²) >= 11 is 1.22. The summed E-state index contributed by atoms with van der Waals surface area (Å²) in [7, 11) is 0. The molecule has 184 valence electrons. The van der Waals surface area contributed by atoms with Crippen LogP contribution in [0.25, 0.3) is 16.2 Å². The first-order chi connectivity index (χ1) is 16.8. The first-order valence-electron chi connectivity index (χ1n) is 11.4. The van der Waals surface area contributed by atoms with Crippen molar-refractivity contribution in [3.63, 3.8) is 0 Å². The number of carbonyl (C=O) groups excluding carboxylic acids is 1. The molecule has 2 atom stereocenters. The lowest BCUT2D eigenvalue weighted by atomic mass is 9.98. The number of hydrogen-bond donors (Lipinski definition) is 2. The lowest BCUT2D eigenvalue weighted by molar-refractivity contribution is -0.127. The summed E-state index contributed by atoms with van der Waals surface area (Å²) in [6.07, 6.45) is 5.91. The number of carboxylic acids is 1. The maximum absolute atomic E-state index is 15.0. The highest BCUT2D eigenvalue weighted by molar-refractivity contribution is 7.12. The number of amides is 1. The number of aromatic carboxylic acids is 1. The van der Waals surface area contributed by atoms with Crippen LogP contribution in [0.15, 0.2) is 28.6 Å². The van der Waals surface area contributed by atoms with Crippen LogP contribution < -0.4 is 15.6 Å². The van der Waals surface area contributed by atoms with Gasteiger partial charge in [0.05, 0.1) is 23.5 Å². The number of ether oxygens (including phenoxy) is 1. The van der Waals surface area contributed by atoms with Crippen LogP contribution in [0.2, 0.25) is 0 Å². The molecule has 0 spiro atoms. The minimum Gasteiger partial charge on any atom is -0.477 e. The number of halogens is 1. The number of aromatic nitrogens is 3. The Balaban J connectivity index is 1.36. The van der Waals surface area contributed by atoms with Crippen LogP contribution in [-0.4, -0.2) is 63.4 Å². The van der Waals surface area contributed by atoms with Crippen LogP contribution in [0, 0.1) is 11.7 Å². The zero-order valence-electron chi connectivity index (χ0n) is 18.9. The SMILES string of the molecule is CC1CCCC(CNC(=O)C2CN(c3nc4c(cc3F)c(=O)c(C(=O)O)cn4-c3nccs3)C2)O1. The summed E-state index contributed by atoms with van der Waals surface area (Å²) in [5.41, 5.74) is -1.22. The molecule has 0 bridgehead atoms. The van der Waals surface area contributed by atoms with Gasteiger partial charge in [0, 0.05) is 37.4 Å². The van der Waals surface area contributed by atoms with Gasteiger partial charge in [0.15, 0.2) is 22.4 Å². The quantitative estimate of drug-likeness (QED) is 0.526. The van der Waals surface area contributed by atoms with Crippen LogP contribution in [0.5, 0.6) is 0 Å². The molecule has 0 saturated carbocycles. The van der Waals surface area contributed by atoms with Crippen LogP contribution in [0.1, 0.15) is 36.5 Å². The number of hydrogen-bond acceptors (Lipinski definition) is 8. The van der Waals surface area contributed by atoms with E-state index in [1.807, 2.05) is 6.92 Å². The van der Waals surface area contributed by atoms with Gasteiger partial charge < -0.3 is 20.1 Å². The average Bonchev–Trinajstić information content (AvgIpc) is 3.32. The Morgan fingerprint density at radius 3 is 2.83 bits per heavy atom. The van der Waals surface area contributed by atoms with E-state index in [9.17, 15) is 19.5 Å². The van der Waals surface area contributed by atoms with E-state index in [1.165, 1.54) is 22.1 Å². The lowest BCUT2D eigenvalue weighted by Gasteiger charge is -2.39. The third kappa shape index (κ3) is 4.50. The second kappa shape index (κ2) is 9.34. The predicted octanol–water partition coefficient (Wildman–Crippen LogP) is 2.19. The first-order valence-corrected chi connectivity index (χ1v) is 12.3. The summed E-state index contributed by atoms with van der Waals surface area (Å²) in [5.74, 6) is -2.61. The van der Waals surface area contributed by atoms with Gasteiger partial charge in [0.2, 0.25) is 11.3 Å². The monoisotopic (exact) mass is 501 g/mol. The predicted molar refractivity (Wildman–Crippen MR) is 127 cm³/mol. The van der Waals surface area contributed by atoms with Crippen molar-refractivity contribution in [2.24, 2.45) is 5.92 Å². The number of pyridine rings is 2. The van der Waals surface area contributed by atoms with E-state index in [0.29, 0.717) is 11.7 Å². The van der Waals surface area contributed by atoms with Crippen molar-refractivity contribution in [2.75, 3.05) is 24.5 Å². The van der Waals surface area contributed by atoms with Crippen LogP contribution in [0.4, 0.5) is 10.2 Å². The number of anilines is 1. The second-order valence-electron chi connectivity index (χ2n) is 8.87. The average molecular weight is 502 g/mol. The van der Waals surface area contributed by atoms with E-state index in [0.717, 1.165) is 31.5 Å². The topological polar surface area (TPSA) is 127 Å². The highest BCUT2D eigenvalue weighted by Gasteiger charge is 2.36. The summed E-state index contributed by atoms with van der Waals surface area (Å²) in [6, 6.07) is 1.01. The van der Waals surface area contributed by atoms with Gasteiger partial charge in [-0.2, -0.15) is 0 Å². The van der Waals surface area contributed by atoms with Gasteiger partial charge in [0.25, 0.3) is 0 Å². The smallest absolute Gasteiger partial charge is 0.341 e. The highest BCUT2D eigenvalue weighted by Crippen LogP contribution is 2.29. The molecule has 2 fully saturated rings. The first kappa shape index (κ1) is 23.4. The third-order valence-electron chi connectivity index (χ3n) is 6.39. The molecule has 35 heavy (non-hydrogen) atoms. The van der Waals surface area contributed by atoms with Crippen molar-refractivity contribution >= 4 is 40.1 Å². The standard InChI is InChI=1S/C23H24FN5O5S/c1-12-3-2-4-14(34-12)8-26-21(31)13-9-28(10-13)20-17(24)7-15-18(30)16(22(32)33)11-29(19(15)27-20)23-25-5-6-35-23/h5-7,11-14H,2-4,8-10H2,1H3,(H,26,31)(H,32,33). The largest absolute Gasteiger partial charge is 0.477 e. The molecular weight excluding hydrogens is 477 g/mol. The van der Waals surface area contributed by atoms with Crippen molar-refractivity contribution in [2.45, 2.75) is 38.4 Å². The fourth-order valence-corrected chi connectivity index (χ4v) is 5.11. The molecule has 5 heterocycles. The Labute approximate surface area is 203 Å². The van der Waals surface area contributed by atoms with Gasteiger partial charge in [-0.3, -0.25) is 14.2 Å². The molecular formula is C23H24FN5O5S. The molecule has 3 aromatic heterocycles. The number of fused-ring (bicyclic) bond motifs is 1. The summed E-state index contributed by atoms with van der Waals surface area (Å²) in [6.45, 7) is 3.03. The molecule has 0 radical (unpaired) electrons. The molecule has 2 unspecified atom stereocenters. The maximum Gasteiger partial charge on any atom is 0.341 e. The van der Waals surface area contributed by atoms with Gasteiger partial charge in [0.1, 0.15) is 5.56 Å². The Morgan fingerprint density at radius 2 is 2.14 bits per heavy atom. The Morgan fingerprint density at radius 1 is 1.34 bits per heavy atom. The number of carboxylic acid groups (broad SMARTS) is 1. The zero-order valence-corrected chi connectivity index (χ0v) is 19.8. The summed E-state index contributed by atoms with van der Waals surface area (Å²) < 4.78 is 22.2. The molecule has 3 aromatic rings. The fourth-order valence-electron chi connectivity index (χ4n) is 4.49. The third-order valence-corrected chi connectivity index (χ3v) is 7.16. The fraction of sp³-hybridized carbons (Fsp3) is 0.435. The van der Waals surface area contributed by atoms with Crippen LogP contribution in [0.3, 0.4) is 0 Å². The van der Waals surface area contributed by atoms with E-state index in [-0.39, 0.29) is 54.0 Å². The van der Waals surface area contributed by atoms with Crippen molar-refractivity contribution in [3.05, 3.63) is 45.4 Å². The van der Waals surface area contributed by atoms with E-state index in [4.69, 9.17) is 4.74 Å². The highest BCUT2D eigenvalue weighted by atomic mass is 32.1. The number of carbonyl (C=O) groups is 2. The van der Waals surface area contributed by atoms with Crippen LogP contribution >= 0.6 is 11.3 Å². The van der Waals surface area contributed by atoms with Crippen LogP contribution in [-0.2, 0) is 9.53 Å². The van der Waals surface area contributed by atoms with Gasteiger partial charge in [-0.15, -0.1) is 11.3 Å². The Hall–Kier alpha value is -3.38. The minimum atomic E-state index is -1.42. The molecule has 5 rings (SSSR count). The van der Waals surface area contributed by atoms with Gasteiger partial charge in [-0.25, -0.2) is 19.2 Å². The Bertz CT molecular complexity index is 1340. The molecule has 2 saturated heterocycles. The molecule has 10 nitrogen and oxygen atoms in total. The van der Waals surface area contributed by atoms with E-state index >= 15 is 4.39 Å². The molecule has 0 aliphatic carbocycles. The zero-order chi connectivity index (χ0) is 24.7. The minimum absolute atomic E-state index is 0.00114. The second-order valence-corrected chi connectivity index (χ2v) is 9.75. The molecule has 1 amide bonds. The Kier molecular flexibility index (Phi) is 6.24. The van der Waals surface area contributed by atoms with Crippen molar-refractivity contribution in [3.8, 4) is 5.13 Å². The summed E-state index contributed by atoms with van der Waals surface area (Å²) in [5, 5.41) is 14.3. The number of nitrogens with zero attached hydrogens (tertiary/aromatic N) is 4. The normalized spacial score (nSPS) is 20.6. The molecule has 0 aromatic carbocycles. The maximum atomic E-state index is 15.0. The summed E-state index contributed by atoms with van der Waals surface area (Å²) in [4.78, 5) is 47.0. The lowest BCUT2D eigenvalue weighted by Crippen LogP contribution is -2.55. The van der Waals surface area contributed by atoms with Gasteiger partial charge in [-0.05, 0) is 32.3 Å². The number of rotatable bonds is 6. The molecule has 12 heteroatoms. The molecule has 2 N–H and O–H groups in total. The van der Waals surface area contributed by atoms with Gasteiger partial charge >= 0.3 is 5.97 Å². The van der Waals surface area contributed by atoms with Crippen molar-refractivity contribution < 1.29 is 23.8 Å². The number of thiazole rings is 1. The molecule has 2 aliphatic heterocycles. The van der Waals surface area contributed by atoms with E-state index in [2.05, 4.69) is 15.3 Å². The van der Waals surface area contributed by atoms with Gasteiger partial charge in [-0.1, -0.05) is 0 Å². The van der Waals surface area contributed by atoms with E-state index < -0.39 is 22.8 Å².